The van der Waals surface area contributed by atoms with E-state index in [0.717, 1.165) is 6.07 Å². The molecule has 0 heterocycles. The van der Waals surface area contributed by atoms with E-state index in [1.54, 1.807) is 0 Å². The van der Waals surface area contributed by atoms with Crippen LogP contribution in [0.5, 0.6) is 0 Å². The zero-order valence-electron chi connectivity index (χ0n) is 9.54. The lowest BCUT2D eigenvalue weighted by Crippen LogP contribution is -2.40. The van der Waals surface area contributed by atoms with Crippen molar-refractivity contribution in [1.82, 2.24) is 0 Å². The maximum Gasteiger partial charge on any atom is 0.239 e. The van der Waals surface area contributed by atoms with Crippen LogP contribution in [0.15, 0.2) is 24.8 Å². The van der Waals surface area contributed by atoms with Gasteiger partial charge in [-0.2, -0.15) is 5.26 Å². The molecule has 1 amide bonds. The Bertz CT molecular complexity index is 524. The maximum absolute atomic E-state index is 12.9. The normalized spacial score (nSPS) is 13.4. The monoisotopic (exact) mass is 265 g/mol. The third-order valence-corrected chi connectivity index (χ3v) is 2.98. The number of halogens is 2. The van der Waals surface area contributed by atoms with Gasteiger partial charge < -0.3 is 5.73 Å². The molecule has 93 valence electrons. The predicted octanol–water partition coefficient (Wildman–Crippen LogP) is 2.08. The number of benzene rings is 1. The summed E-state index contributed by atoms with van der Waals surface area (Å²) >= 11 is 6.11. The minimum Gasteiger partial charge on any atom is -0.368 e. The molecule has 0 aliphatic carbocycles. The molecule has 5 heteroatoms. The van der Waals surface area contributed by atoms with E-state index in [4.69, 9.17) is 22.6 Å². The molecule has 0 aliphatic rings. The molecular formula is C13H11ClFN2O. The predicted molar refractivity (Wildman–Crippen MR) is 66.2 cm³/mol. The van der Waals surface area contributed by atoms with Crippen LogP contribution in [-0.4, -0.2) is 10.8 Å². The number of hydrogen-bond donors (Lipinski definition) is 1. The molecule has 1 unspecified atom stereocenters. The standard InChI is InChI=1S/C13H11ClFN2O/c1-2-5-13(14,12(17)18)7-9-3-4-11(15)6-10(9)8-16/h2-3,6H,1,5,7H2,(H2,17,18). The zero-order chi connectivity index (χ0) is 13.8. The summed E-state index contributed by atoms with van der Waals surface area (Å²) in [4.78, 5) is 10.00. The Labute approximate surface area is 110 Å². The smallest absolute Gasteiger partial charge is 0.239 e. The lowest BCUT2D eigenvalue weighted by molar-refractivity contribution is -0.120. The second-order valence-corrected chi connectivity index (χ2v) is 4.55. The minimum absolute atomic E-state index is 0.0234. The minimum atomic E-state index is -1.36. The molecule has 1 aromatic rings. The first-order valence-electron chi connectivity index (χ1n) is 5.13. The summed E-state index contributed by atoms with van der Waals surface area (Å²) in [5, 5.41) is 8.90. The number of amides is 1. The van der Waals surface area contributed by atoms with E-state index in [-0.39, 0.29) is 18.4 Å². The number of primary amides is 1. The van der Waals surface area contributed by atoms with Gasteiger partial charge in [-0.25, -0.2) is 4.39 Å². The molecule has 0 aromatic heterocycles. The summed E-state index contributed by atoms with van der Waals surface area (Å²) in [5.74, 6) is -1.35. The molecule has 18 heavy (non-hydrogen) atoms. The summed E-state index contributed by atoms with van der Waals surface area (Å²) in [6.07, 6.45) is 1.65. The number of nitrogens with zero attached hydrogens (tertiary/aromatic N) is 1. The van der Waals surface area contributed by atoms with E-state index in [9.17, 15) is 9.18 Å². The molecule has 0 fully saturated rings. The number of nitriles is 1. The van der Waals surface area contributed by atoms with Crippen molar-refractivity contribution < 1.29 is 9.18 Å². The Balaban J connectivity index is 3.13. The van der Waals surface area contributed by atoms with Gasteiger partial charge in [-0.3, -0.25) is 4.79 Å². The topological polar surface area (TPSA) is 66.9 Å². The van der Waals surface area contributed by atoms with E-state index < -0.39 is 16.6 Å². The second-order valence-electron chi connectivity index (χ2n) is 3.83. The van der Waals surface area contributed by atoms with Crippen LogP contribution >= 0.6 is 11.6 Å². The van der Waals surface area contributed by atoms with Gasteiger partial charge in [0.25, 0.3) is 0 Å². The van der Waals surface area contributed by atoms with Crippen LogP contribution in [-0.2, 0) is 11.2 Å². The van der Waals surface area contributed by atoms with Crippen LogP contribution in [0.4, 0.5) is 4.39 Å². The second kappa shape index (κ2) is 5.65. The highest BCUT2D eigenvalue weighted by molar-refractivity contribution is 6.35. The van der Waals surface area contributed by atoms with E-state index in [1.807, 2.05) is 6.07 Å². The quantitative estimate of drug-likeness (QED) is 0.654. The van der Waals surface area contributed by atoms with Gasteiger partial charge in [0, 0.05) is 12.5 Å². The molecule has 0 aliphatic heterocycles. The molecule has 3 nitrogen and oxygen atoms in total. The average Bonchev–Trinajstić information content (AvgIpc) is 2.31. The fourth-order valence-corrected chi connectivity index (χ4v) is 1.79. The van der Waals surface area contributed by atoms with Crippen LogP contribution in [0.2, 0.25) is 0 Å². The van der Waals surface area contributed by atoms with Gasteiger partial charge in [-0.15, -0.1) is 18.2 Å². The van der Waals surface area contributed by atoms with Gasteiger partial charge in [0.1, 0.15) is 10.7 Å². The third kappa shape index (κ3) is 3.08. The SMILES string of the molecule is C=CCC(Cl)(Cc1c[c]c(F)cc1C#N)C(N)=O. The molecule has 0 bridgehead atoms. The maximum atomic E-state index is 12.9. The number of carbonyl (C=O) groups is 1. The van der Waals surface area contributed by atoms with Crippen LogP contribution in [0.25, 0.3) is 0 Å². The molecule has 1 rings (SSSR count). The first-order chi connectivity index (χ1) is 8.42. The molecule has 0 saturated heterocycles. The Morgan fingerprint density at radius 3 is 2.94 bits per heavy atom. The van der Waals surface area contributed by atoms with E-state index in [2.05, 4.69) is 12.6 Å². The summed E-state index contributed by atoms with van der Waals surface area (Å²) in [5.41, 5.74) is 5.78. The summed E-state index contributed by atoms with van der Waals surface area (Å²) in [6, 6.07) is 6.51. The number of hydrogen-bond acceptors (Lipinski definition) is 2. The Kier molecular flexibility index (Phi) is 4.46. The van der Waals surface area contributed by atoms with E-state index in [0.29, 0.717) is 5.56 Å². The number of nitrogens with two attached hydrogens (primary N) is 1. The van der Waals surface area contributed by atoms with Crippen LogP contribution < -0.4 is 5.73 Å². The molecule has 0 spiro atoms. The van der Waals surface area contributed by atoms with Gasteiger partial charge >= 0.3 is 0 Å². The van der Waals surface area contributed by atoms with Crippen molar-refractivity contribution in [2.24, 2.45) is 5.73 Å². The zero-order valence-corrected chi connectivity index (χ0v) is 10.3. The van der Waals surface area contributed by atoms with E-state index in [1.165, 1.54) is 12.1 Å². The van der Waals surface area contributed by atoms with Gasteiger partial charge in [0.05, 0.1) is 11.6 Å². The van der Waals surface area contributed by atoms with Crippen molar-refractivity contribution in [3.05, 3.63) is 47.8 Å². The highest BCUT2D eigenvalue weighted by Crippen LogP contribution is 2.27. The third-order valence-electron chi connectivity index (χ3n) is 2.50. The van der Waals surface area contributed by atoms with Crippen molar-refractivity contribution >= 4 is 17.5 Å². The Hall–Kier alpha value is -1.86. The summed E-state index contributed by atoms with van der Waals surface area (Å²) in [6.45, 7) is 3.50. The molecule has 1 aromatic carbocycles. The van der Waals surface area contributed by atoms with Crippen molar-refractivity contribution in [1.29, 1.82) is 5.26 Å². The van der Waals surface area contributed by atoms with Crippen molar-refractivity contribution in [3.63, 3.8) is 0 Å². The number of rotatable bonds is 5. The van der Waals surface area contributed by atoms with Gasteiger partial charge in [-0.05, 0) is 24.1 Å². The molecular weight excluding hydrogens is 255 g/mol. The van der Waals surface area contributed by atoms with Crippen LogP contribution in [0.3, 0.4) is 0 Å². The van der Waals surface area contributed by atoms with E-state index >= 15 is 0 Å². The van der Waals surface area contributed by atoms with Crippen molar-refractivity contribution in [3.8, 4) is 6.07 Å². The van der Waals surface area contributed by atoms with Gasteiger partial charge in [0.15, 0.2) is 0 Å². The van der Waals surface area contributed by atoms with Gasteiger partial charge in [0.2, 0.25) is 5.91 Å². The molecule has 1 radical (unpaired) electrons. The first kappa shape index (κ1) is 14.2. The highest BCUT2D eigenvalue weighted by atomic mass is 35.5. The molecule has 2 N–H and O–H groups in total. The first-order valence-corrected chi connectivity index (χ1v) is 5.50. The fourth-order valence-electron chi connectivity index (χ4n) is 1.54. The van der Waals surface area contributed by atoms with Crippen molar-refractivity contribution in [2.75, 3.05) is 0 Å². The lowest BCUT2D eigenvalue weighted by atomic mass is 9.92. The Morgan fingerprint density at radius 1 is 1.78 bits per heavy atom. The molecule has 1 atom stereocenters. The van der Waals surface area contributed by atoms with Crippen molar-refractivity contribution in [2.45, 2.75) is 17.7 Å². The summed E-state index contributed by atoms with van der Waals surface area (Å²) in [7, 11) is 0. The number of alkyl halides is 1. The average molecular weight is 266 g/mol. The molecule has 0 saturated carbocycles. The number of carbonyl (C=O) groups excluding carboxylic acids is 1. The largest absolute Gasteiger partial charge is 0.368 e. The van der Waals surface area contributed by atoms with Crippen LogP contribution in [0, 0.1) is 23.2 Å². The highest BCUT2D eigenvalue weighted by Gasteiger charge is 2.33. The number of allylic oxidation sites excluding steroid dienone is 1. The summed E-state index contributed by atoms with van der Waals surface area (Å²) < 4.78 is 12.9. The fraction of sp³-hybridized carbons (Fsp3) is 0.231. The lowest BCUT2D eigenvalue weighted by Gasteiger charge is -2.22. The Morgan fingerprint density at radius 2 is 2.44 bits per heavy atom. The van der Waals surface area contributed by atoms with Gasteiger partial charge in [-0.1, -0.05) is 6.08 Å². The van der Waals surface area contributed by atoms with Crippen LogP contribution in [0.1, 0.15) is 17.5 Å².